The van der Waals surface area contributed by atoms with Gasteiger partial charge in [0.2, 0.25) is 0 Å². The summed E-state index contributed by atoms with van der Waals surface area (Å²) in [7, 11) is 3.40. The van der Waals surface area contributed by atoms with E-state index < -0.39 is 0 Å². The quantitative estimate of drug-likeness (QED) is 0.797. The molecule has 98 valence electrons. The van der Waals surface area contributed by atoms with Gasteiger partial charge < -0.3 is 15.5 Å². The third kappa shape index (κ3) is 3.16. The molecule has 6 heteroatoms. The van der Waals surface area contributed by atoms with Gasteiger partial charge in [0.15, 0.2) is 5.69 Å². The topological polar surface area (TPSA) is 70.2 Å². The highest BCUT2D eigenvalue weighted by Crippen LogP contribution is 2.09. The Labute approximate surface area is 107 Å². The molecule has 2 heterocycles. The van der Waals surface area contributed by atoms with Gasteiger partial charge in [-0.15, -0.1) is 10.2 Å². The number of anilines is 1. The second kappa shape index (κ2) is 5.77. The number of rotatable bonds is 4. The first-order valence-electron chi connectivity index (χ1n) is 6.17. The Morgan fingerprint density at radius 3 is 2.89 bits per heavy atom. The molecular weight excluding hydrogens is 230 g/mol. The maximum atomic E-state index is 11.6. The first kappa shape index (κ1) is 12.8. The molecule has 1 aliphatic heterocycles. The molecule has 18 heavy (non-hydrogen) atoms. The van der Waals surface area contributed by atoms with Crippen molar-refractivity contribution in [3.63, 3.8) is 0 Å². The lowest BCUT2D eigenvalue weighted by molar-refractivity contribution is 0.0821. The highest BCUT2D eigenvalue weighted by molar-refractivity contribution is 5.91. The first-order chi connectivity index (χ1) is 8.66. The van der Waals surface area contributed by atoms with Crippen molar-refractivity contribution in [2.45, 2.75) is 6.42 Å². The van der Waals surface area contributed by atoms with Crippen LogP contribution in [0.3, 0.4) is 0 Å². The fraction of sp³-hybridized carbons (Fsp3) is 0.583. The zero-order valence-corrected chi connectivity index (χ0v) is 10.8. The van der Waals surface area contributed by atoms with Crippen molar-refractivity contribution in [1.29, 1.82) is 0 Å². The van der Waals surface area contributed by atoms with Crippen LogP contribution in [0.1, 0.15) is 16.9 Å². The van der Waals surface area contributed by atoms with Gasteiger partial charge in [0.25, 0.3) is 5.91 Å². The van der Waals surface area contributed by atoms with Crippen molar-refractivity contribution in [3.05, 3.63) is 17.8 Å². The highest BCUT2D eigenvalue weighted by atomic mass is 16.2. The largest absolute Gasteiger partial charge is 0.368 e. The molecule has 0 aliphatic carbocycles. The van der Waals surface area contributed by atoms with Crippen LogP contribution in [0.15, 0.2) is 12.1 Å². The van der Waals surface area contributed by atoms with Crippen molar-refractivity contribution in [3.8, 4) is 0 Å². The van der Waals surface area contributed by atoms with E-state index in [0.717, 1.165) is 25.5 Å². The summed E-state index contributed by atoms with van der Waals surface area (Å²) < 4.78 is 0. The van der Waals surface area contributed by atoms with Gasteiger partial charge in [0.05, 0.1) is 0 Å². The van der Waals surface area contributed by atoms with E-state index in [-0.39, 0.29) is 5.91 Å². The number of amides is 1. The average molecular weight is 249 g/mol. The summed E-state index contributed by atoms with van der Waals surface area (Å²) in [5.41, 5.74) is 0.369. The molecule has 1 aliphatic rings. The summed E-state index contributed by atoms with van der Waals surface area (Å²) in [6, 6.07) is 3.50. The van der Waals surface area contributed by atoms with Crippen LogP contribution in [-0.4, -0.2) is 54.7 Å². The van der Waals surface area contributed by atoms with Gasteiger partial charge in [0, 0.05) is 20.6 Å². The van der Waals surface area contributed by atoms with Gasteiger partial charge in [0.1, 0.15) is 5.82 Å². The molecule has 1 atom stereocenters. The van der Waals surface area contributed by atoms with Crippen LogP contribution in [0.5, 0.6) is 0 Å². The standard InChI is InChI=1S/C12H19N5O/c1-17(2)12(18)10-3-4-11(16-15-10)14-8-9-5-6-13-7-9/h3-4,9,13H,5-8H2,1-2H3,(H,14,16). The number of carbonyl (C=O) groups excluding carboxylic acids is 1. The molecule has 2 rings (SSSR count). The van der Waals surface area contributed by atoms with E-state index in [1.807, 2.05) is 0 Å². The summed E-state index contributed by atoms with van der Waals surface area (Å²) in [5.74, 6) is 1.24. The van der Waals surface area contributed by atoms with E-state index in [1.54, 1.807) is 26.2 Å². The van der Waals surface area contributed by atoms with Gasteiger partial charge in [-0.25, -0.2) is 0 Å². The van der Waals surface area contributed by atoms with Crippen LogP contribution in [0.2, 0.25) is 0 Å². The predicted molar refractivity (Wildman–Crippen MR) is 69.5 cm³/mol. The van der Waals surface area contributed by atoms with Crippen molar-refractivity contribution in [1.82, 2.24) is 20.4 Å². The van der Waals surface area contributed by atoms with Crippen molar-refractivity contribution >= 4 is 11.7 Å². The fourth-order valence-electron chi connectivity index (χ4n) is 1.91. The molecule has 2 N–H and O–H groups in total. The van der Waals surface area contributed by atoms with Crippen LogP contribution in [0.4, 0.5) is 5.82 Å². The number of aromatic nitrogens is 2. The molecule has 1 aromatic rings. The zero-order chi connectivity index (χ0) is 13.0. The van der Waals surface area contributed by atoms with Gasteiger partial charge in [-0.2, -0.15) is 0 Å². The maximum absolute atomic E-state index is 11.6. The zero-order valence-electron chi connectivity index (χ0n) is 10.8. The Balaban J connectivity index is 1.89. The third-order valence-electron chi connectivity index (χ3n) is 3.02. The van der Waals surface area contributed by atoms with Gasteiger partial charge in [-0.05, 0) is 37.6 Å². The highest BCUT2D eigenvalue weighted by Gasteiger charge is 2.14. The predicted octanol–water partition coefficient (Wildman–Crippen LogP) is 0.200. The number of nitrogens with one attached hydrogen (secondary N) is 2. The summed E-state index contributed by atoms with van der Waals surface area (Å²) in [6.45, 7) is 3.04. The second-order valence-electron chi connectivity index (χ2n) is 4.74. The monoisotopic (exact) mass is 249 g/mol. The molecule has 0 spiro atoms. The summed E-state index contributed by atoms with van der Waals surface area (Å²) >= 11 is 0. The number of hydrogen-bond donors (Lipinski definition) is 2. The fourth-order valence-corrected chi connectivity index (χ4v) is 1.91. The van der Waals surface area contributed by atoms with Crippen LogP contribution in [0, 0.1) is 5.92 Å². The molecule has 0 saturated carbocycles. The third-order valence-corrected chi connectivity index (χ3v) is 3.02. The summed E-state index contributed by atoms with van der Waals surface area (Å²) in [6.07, 6.45) is 1.19. The molecular formula is C12H19N5O. The summed E-state index contributed by atoms with van der Waals surface area (Å²) in [5, 5.41) is 14.5. The molecule has 6 nitrogen and oxygen atoms in total. The van der Waals surface area contributed by atoms with E-state index in [4.69, 9.17) is 0 Å². The Kier molecular flexibility index (Phi) is 4.09. The normalized spacial score (nSPS) is 18.7. The number of hydrogen-bond acceptors (Lipinski definition) is 5. The molecule has 1 unspecified atom stereocenters. The van der Waals surface area contributed by atoms with Crippen molar-refractivity contribution in [2.75, 3.05) is 39.0 Å². The lowest BCUT2D eigenvalue weighted by Gasteiger charge is -2.11. The first-order valence-corrected chi connectivity index (χ1v) is 6.17. The van der Waals surface area contributed by atoms with E-state index in [2.05, 4.69) is 20.8 Å². The van der Waals surface area contributed by atoms with E-state index in [9.17, 15) is 4.79 Å². The Morgan fingerprint density at radius 2 is 2.33 bits per heavy atom. The van der Waals surface area contributed by atoms with Crippen molar-refractivity contribution < 1.29 is 4.79 Å². The smallest absolute Gasteiger partial charge is 0.273 e. The van der Waals surface area contributed by atoms with E-state index >= 15 is 0 Å². The minimum atomic E-state index is -0.131. The number of nitrogens with zero attached hydrogens (tertiary/aromatic N) is 3. The molecule has 0 bridgehead atoms. The SMILES string of the molecule is CN(C)C(=O)c1ccc(NCC2CCNC2)nn1. The van der Waals surface area contributed by atoms with E-state index in [1.165, 1.54) is 11.3 Å². The van der Waals surface area contributed by atoms with Gasteiger partial charge >= 0.3 is 0 Å². The second-order valence-corrected chi connectivity index (χ2v) is 4.74. The van der Waals surface area contributed by atoms with Gasteiger partial charge in [-0.3, -0.25) is 4.79 Å². The average Bonchev–Trinajstić information content (AvgIpc) is 2.89. The molecule has 1 fully saturated rings. The van der Waals surface area contributed by atoms with Gasteiger partial charge in [-0.1, -0.05) is 0 Å². The maximum Gasteiger partial charge on any atom is 0.273 e. The van der Waals surface area contributed by atoms with Crippen LogP contribution in [0.25, 0.3) is 0 Å². The minimum absolute atomic E-state index is 0.131. The Hall–Kier alpha value is -1.69. The Morgan fingerprint density at radius 1 is 1.50 bits per heavy atom. The Bertz CT molecular complexity index is 397. The summed E-state index contributed by atoms with van der Waals surface area (Å²) in [4.78, 5) is 13.1. The molecule has 1 amide bonds. The molecule has 0 radical (unpaired) electrons. The van der Waals surface area contributed by atoms with Crippen LogP contribution < -0.4 is 10.6 Å². The number of carbonyl (C=O) groups is 1. The lowest BCUT2D eigenvalue weighted by atomic mass is 10.1. The molecule has 0 aromatic carbocycles. The van der Waals surface area contributed by atoms with E-state index in [0.29, 0.717) is 11.6 Å². The van der Waals surface area contributed by atoms with Crippen LogP contribution in [-0.2, 0) is 0 Å². The molecule has 1 saturated heterocycles. The minimum Gasteiger partial charge on any atom is -0.368 e. The molecule has 1 aromatic heterocycles. The lowest BCUT2D eigenvalue weighted by Crippen LogP contribution is -2.23. The van der Waals surface area contributed by atoms with Crippen LogP contribution >= 0.6 is 0 Å². The van der Waals surface area contributed by atoms with Crippen molar-refractivity contribution in [2.24, 2.45) is 5.92 Å².